The first-order valence-electron chi connectivity index (χ1n) is 8.83. The Labute approximate surface area is 169 Å². The third-order valence-electron chi connectivity index (χ3n) is 4.46. The molecule has 0 aliphatic carbocycles. The van der Waals surface area contributed by atoms with Crippen LogP contribution in [-0.2, 0) is 0 Å². The Balaban J connectivity index is 1.49. The number of anilines is 1. The molecule has 1 N–H and O–H groups in total. The van der Waals surface area contributed by atoms with Gasteiger partial charge < -0.3 is 19.5 Å². The van der Waals surface area contributed by atoms with Crippen molar-refractivity contribution in [1.82, 2.24) is 14.8 Å². The van der Waals surface area contributed by atoms with Crippen molar-refractivity contribution in [3.8, 4) is 22.4 Å². The molecule has 0 radical (unpaired) electrons. The summed E-state index contributed by atoms with van der Waals surface area (Å²) < 4.78 is 18.6. The number of hydrogen-bond donors (Lipinski definition) is 1. The standard InChI is InChI=1S/C20H16N4O4S/c1-11-6-18(22-19(25)12-4-3-5-13(7-12)26-2)24(23-11)20-21-14-8-15-16(28-10-27-15)9-17(14)29-20/h3-9H,10H2,1-2H3,(H,22,25). The number of aryl methyl sites for hydroxylation is 1. The molecule has 2 aromatic heterocycles. The molecule has 0 fully saturated rings. The summed E-state index contributed by atoms with van der Waals surface area (Å²) >= 11 is 1.46. The maximum atomic E-state index is 12.7. The summed E-state index contributed by atoms with van der Waals surface area (Å²) in [5.74, 6) is 2.28. The lowest BCUT2D eigenvalue weighted by Gasteiger charge is -2.07. The molecule has 0 spiro atoms. The van der Waals surface area contributed by atoms with Crippen molar-refractivity contribution in [3.63, 3.8) is 0 Å². The predicted octanol–water partition coefficient (Wildman–Crippen LogP) is 3.78. The number of benzene rings is 2. The fraction of sp³-hybridized carbons (Fsp3) is 0.150. The summed E-state index contributed by atoms with van der Waals surface area (Å²) in [6.07, 6.45) is 0. The van der Waals surface area contributed by atoms with Crippen LogP contribution in [0.1, 0.15) is 16.1 Å². The summed E-state index contributed by atoms with van der Waals surface area (Å²) in [4.78, 5) is 17.4. The molecule has 8 nitrogen and oxygen atoms in total. The molecule has 0 unspecified atom stereocenters. The van der Waals surface area contributed by atoms with E-state index >= 15 is 0 Å². The molecule has 0 saturated carbocycles. The number of amides is 1. The van der Waals surface area contributed by atoms with Gasteiger partial charge in [0.2, 0.25) is 11.9 Å². The number of methoxy groups -OCH3 is 1. The highest BCUT2D eigenvalue weighted by molar-refractivity contribution is 7.20. The van der Waals surface area contributed by atoms with Gasteiger partial charge in [0.25, 0.3) is 5.91 Å². The Hall–Kier alpha value is -3.59. The minimum absolute atomic E-state index is 0.221. The van der Waals surface area contributed by atoms with E-state index in [0.29, 0.717) is 33.8 Å². The Morgan fingerprint density at radius 1 is 1.21 bits per heavy atom. The number of carbonyl (C=O) groups is 1. The molecule has 2 aromatic carbocycles. The Morgan fingerprint density at radius 3 is 2.86 bits per heavy atom. The third-order valence-corrected chi connectivity index (χ3v) is 5.45. The quantitative estimate of drug-likeness (QED) is 0.553. The van der Waals surface area contributed by atoms with Crippen molar-refractivity contribution in [2.24, 2.45) is 0 Å². The number of carbonyl (C=O) groups excluding carboxylic acids is 1. The number of ether oxygens (including phenoxy) is 3. The third kappa shape index (κ3) is 3.15. The van der Waals surface area contributed by atoms with Gasteiger partial charge in [-0.2, -0.15) is 9.78 Å². The minimum atomic E-state index is -0.257. The number of nitrogens with one attached hydrogen (secondary N) is 1. The van der Waals surface area contributed by atoms with Gasteiger partial charge >= 0.3 is 0 Å². The molecule has 29 heavy (non-hydrogen) atoms. The van der Waals surface area contributed by atoms with Crippen LogP contribution in [-0.4, -0.2) is 34.6 Å². The second-order valence-corrected chi connectivity index (χ2v) is 7.45. The van der Waals surface area contributed by atoms with Crippen LogP contribution in [0.5, 0.6) is 17.2 Å². The number of aromatic nitrogens is 3. The fourth-order valence-electron chi connectivity index (χ4n) is 3.08. The molecular weight excluding hydrogens is 392 g/mol. The molecule has 0 atom stereocenters. The number of hydrogen-bond acceptors (Lipinski definition) is 7. The van der Waals surface area contributed by atoms with Crippen LogP contribution in [0.3, 0.4) is 0 Å². The molecule has 0 bridgehead atoms. The van der Waals surface area contributed by atoms with Gasteiger partial charge in [0.05, 0.1) is 23.0 Å². The van der Waals surface area contributed by atoms with Crippen LogP contribution in [0, 0.1) is 6.92 Å². The van der Waals surface area contributed by atoms with E-state index in [1.807, 2.05) is 19.1 Å². The monoisotopic (exact) mass is 408 g/mol. The number of fused-ring (bicyclic) bond motifs is 2. The summed E-state index contributed by atoms with van der Waals surface area (Å²) in [6.45, 7) is 2.08. The van der Waals surface area contributed by atoms with Crippen LogP contribution in [0.4, 0.5) is 5.82 Å². The van der Waals surface area contributed by atoms with Crippen LogP contribution in [0.25, 0.3) is 15.3 Å². The second-order valence-electron chi connectivity index (χ2n) is 6.44. The van der Waals surface area contributed by atoms with Gasteiger partial charge in [-0.25, -0.2) is 4.98 Å². The van der Waals surface area contributed by atoms with E-state index in [4.69, 9.17) is 14.2 Å². The molecule has 5 rings (SSSR count). The Kier molecular flexibility index (Phi) is 4.09. The minimum Gasteiger partial charge on any atom is -0.497 e. The molecule has 1 aliphatic rings. The number of thiazole rings is 1. The SMILES string of the molecule is COc1cccc(C(=O)Nc2cc(C)nn2-c2nc3cc4c(cc3s2)OCO4)c1. The van der Waals surface area contributed by atoms with Crippen molar-refractivity contribution in [3.05, 3.63) is 53.7 Å². The second kappa shape index (κ2) is 6.78. The van der Waals surface area contributed by atoms with Crippen LogP contribution >= 0.6 is 11.3 Å². The van der Waals surface area contributed by atoms with Gasteiger partial charge in [0.1, 0.15) is 11.6 Å². The highest BCUT2D eigenvalue weighted by Crippen LogP contribution is 2.39. The van der Waals surface area contributed by atoms with Crippen molar-refractivity contribution in [1.29, 1.82) is 0 Å². The molecule has 4 aromatic rings. The van der Waals surface area contributed by atoms with Crippen LogP contribution in [0.2, 0.25) is 0 Å². The Morgan fingerprint density at radius 2 is 2.03 bits per heavy atom. The maximum absolute atomic E-state index is 12.7. The van der Waals surface area contributed by atoms with Gasteiger partial charge in [-0.3, -0.25) is 4.79 Å². The molecule has 0 saturated heterocycles. The number of rotatable bonds is 4. The van der Waals surface area contributed by atoms with E-state index in [0.717, 1.165) is 15.9 Å². The van der Waals surface area contributed by atoms with E-state index in [1.165, 1.54) is 11.3 Å². The highest BCUT2D eigenvalue weighted by Gasteiger charge is 2.19. The first-order valence-corrected chi connectivity index (χ1v) is 9.65. The van der Waals surface area contributed by atoms with E-state index in [9.17, 15) is 4.79 Å². The first kappa shape index (κ1) is 17.5. The van der Waals surface area contributed by atoms with Crippen LogP contribution in [0.15, 0.2) is 42.5 Å². The predicted molar refractivity (Wildman–Crippen MR) is 109 cm³/mol. The highest BCUT2D eigenvalue weighted by atomic mass is 32.1. The summed E-state index contributed by atoms with van der Waals surface area (Å²) in [5, 5.41) is 8.05. The van der Waals surface area contributed by atoms with E-state index in [1.54, 1.807) is 42.1 Å². The maximum Gasteiger partial charge on any atom is 0.256 e. The van der Waals surface area contributed by atoms with Crippen molar-refractivity contribution < 1.29 is 19.0 Å². The average molecular weight is 408 g/mol. The molecule has 1 aliphatic heterocycles. The van der Waals surface area contributed by atoms with E-state index in [2.05, 4.69) is 15.4 Å². The smallest absolute Gasteiger partial charge is 0.256 e. The zero-order chi connectivity index (χ0) is 20.0. The lowest BCUT2D eigenvalue weighted by molar-refractivity contribution is 0.102. The summed E-state index contributed by atoms with van der Waals surface area (Å²) in [6, 6.07) is 12.5. The summed E-state index contributed by atoms with van der Waals surface area (Å²) in [7, 11) is 1.56. The normalized spacial score (nSPS) is 12.3. The zero-order valence-corrected chi connectivity index (χ0v) is 16.4. The largest absolute Gasteiger partial charge is 0.497 e. The molecule has 146 valence electrons. The zero-order valence-electron chi connectivity index (χ0n) is 15.6. The van der Waals surface area contributed by atoms with Gasteiger partial charge in [-0.15, -0.1) is 0 Å². The first-order chi connectivity index (χ1) is 14.1. The van der Waals surface area contributed by atoms with Gasteiger partial charge in [0.15, 0.2) is 11.5 Å². The van der Waals surface area contributed by atoms with Gasteiger partial charge in [-0.05, 0) is 25.1 Å². The van der Waals surface area contributed by atoms with Gasteiger partial charge in [-0.1, -0.05) is 17.4 Å². The number of nitrogens with zero attached hydrogens (tertiary/aromatic N) is 3. The van der Waals surface area contributed by atoms with Crippen LogP contribution < -0.4 is 19.5 Å². The van der Waals surface area contributed by atoms with Crippen molar-refractivity contribution in [2.45, 2.75) is 6.92 Å². The van der Waals surface area contributed by atoms with Gasteiger partial charge in [0, 0.05) is 23.8 Å². The topological polar surface area (TPSA) is 87.5 Å². The van der Waals surface area contributed by atoms with E-state index in [-0.39, 0.29) is 12.7 Å². The molecule has 1 amide bonds. The molecule has 9 heteroatoms. The van der Waals surface area contributed by atoms with Crippen molar-refractivity contribution >= 4 is 33.3 Å². The summed E-state index contributed by atoms with van der Waals surface area (Å²) in [5.41, 5.74) is 2.04. The van der Waals surface area contributed by atoms with Crippen molar-refractivity contribution in [2.75, 3.05) is 19.2 Å². The van der Waals surface area contributed by atoms with E-state index < -0.39 is 0 Å². The molecule has 3 heterocycles. The Bertz CT molecular complexity index is 1210. The fourth-order valence-corrected chi connectivity index (χ4v) is 4.03. The lowest BCUT2D eigenvalue weighted by Crippen LogP contribution is -2.15. The lowest BCUT2D eigenvalue weighted by atomic mass is 10.2. The molecular formula is C20H16N4O4S. The average Bonchev–Trinajstić information content (AvgIpc) is 3.43.